The molecule has 1 N–H and O–H groups in total. The summed E-state index contributed by atoms with van der Waals surface area (Å²) in [5.41, 5.74) is 2.75. The predicted octanol–water partition coefficient (Wildman–Crippen LogP) is 4.11. The average Bonchev–Trinajstić information content (AvgIpc) is 2.89. The molecule has 0 aromatic heterocycles. The van der Waals surface area contributed by atoms with Crippen LogP contribution in [0.25, 0.3) is 0 Å². The van der Waals surface area contributed by atoms with Gasteiger partial charge < -0.3 is 14.8 Å². The topological polar surface area (TPSA) is 84.9 Å². The van der Waals surface area contributed by atoms with Crippen LogP contribution in [0.2, 0.25) is 0 Å². The molecule has 4 rings (SSSR count). The third-order valence-electron chi connectivity index (χ3n) is 5.91. The van der Waals surface area contributed by atoms with Gasteiger partial charge in [-0.15, -0.1) is 0 Å². The lowest BCUT2D eigenvalue weighted by molar-refractivity contribution is -0.125. The van der Waals surface area contributed by atoms with Gasteiger partial charge >= 0.3 is 0 Å². The van der Waals surface area contributed by atoms with Crippen LogP contribution in [-0.4, -0.2) is 37.4 Å². The molecule has 180 valence electrons. The Morgan fingerprint density at radius 2 is 1.80 bits per heavy atom. The van der Waals surface area contributed by atoms with E-state index in [0.29, 0.717) is 22.7 Å². The SMILES string of the molecule is CCc1ccccc1OCC(=O)c1ccc2c(c1)N(CC(=O)NC(C)c1ccccc1)C(=O)CO2. The van der Waals surface area contributed by atoms with Crippen LogP contribution < -0.4 is 19.7 Å². The standard InChI is InChI=1S/C28H28N2O5/c1-3-20-9-7-8-12-25(20)34-17-24(31)22-13-14-26-23(15-22)30(28(33)18-35-26)16-27(32)29-19(2)21-10-5-4-6-11-21/h4-15,19H,3,16-18H2,1-2H3,(H,29,32). The maximum absolute atomic E-state index is 12.9. The molecule has 0 fully saturated rings. The highest BCUT2D eigenvalue weighted by Gasteiger charge is 2.29. The maximum Gasteiger partial charge on any atom is 0.265 e. The normalized spacial score (nSPS) is 13.4. The number of rotatable bonds is 9. The summed E-state index contributed by atoms with van der Waals surface area (Å²) < 4.78 is 11.3. The van der Waals surface area contributed by atoms with E-state index in [1.807, 2.05) is 68.4 Å². The van der Waals surface area contributed by atoms with E-state index in [9.17, 15) is 14.4 Å². The monoisotopic (exact) mass is 472 g/mol. The van der Waals surface area contributed by atoms with Gasteiger partial charge in [0.2, 0.25) is 5.91 Å². The average molecular weight is 473 g/mol. The number of carbonyl (C=O) groups excluding carboxylic acids is 3. The Kier molecular flexibility index (Phi) is 7.45. The molecule has 7 nitrogen and oxygen atoms in total. The van der Waals surface area contributed by atoms with Crippen molar-refractivity contribution < 1.29 is 23.9 Å². The Morgan fingerprint density at radius 1 is 1.06 bits per heavy atom. The zero-order valence-corrected chi connectivity index (χ0v) is 19.8. The van der Waals surface area contributed by atoms with Gasteiger partial charge in [-0.1, -0.05) is 55.5 Å². The first-order chi connectivity index (χ1) is 17.0. The van der Waals surface area contributed by atoms with E-state index in [4.69, 9.17) is 9.47 Å². The molecular weight excluding hydrogens is 444 g/mol. The molecule has 1 atom stereocenters. The van der Waals surface area contributed by atoms with Gasteiger partial charge in [0, 0.05) is 5.56 Å². The Labute approximate surface area is 204 Å². The molecule has 1 heterocycles. The summed E-state index contributed by atoms with van der Waals surface area (Å²) in [5, 5.41) is 2.92. The lowest BCUT2D eigenvalue weighted by Crippen LogP contribution is -2.45. The molecule has 7 heteroatoms. The van der Waals surface area contributed by atoms with Crippen LogP contribution in [0, 0.1) is 0 Å². The number of benzene rings is 3. The summed E-state index contributed by atoms with van der Waals surface area (Å²) in [6.07, 6.45) is 0.794. The molecule has 0 saturated heterocycles. The molecule has 0 radical (unpaired) electrons. The largest absolute Gasteiger partial charge is 0.485 e. The molecule has 35 heavy (non-hydrogen) atoms. The Bertz CT molecular complexity index is 1230. The van der Waals surface area contributed by atoms with Crippen molar-refractivity contribution in [3.05, 3.63) is 89.5 Å². The summed E-state index contributed by atoms with van der Waals surface area (Å²) in [6.45, 7) is 3.43. The molecule has 1 aliphatic heterocycles. The minimum atomic E-state index is -0.349. The zero-order valence-electron chi connectivity index (χ0n) is 19.8. The fraction of sp³-hybridized carbons (Fsp3) is 0.250. The second-order valence-corrected chi connectivity index (χ2v) is 8.32. The van der Waals surface area contributed by atoms with E-state index in [1.54, 1.807) is 18.2 Å². The number of para-hydroxylation sites is 1. The first kappa shape index (κ1) is 24.0. The van der Waals surface area contributed by atoms with E-state index >= 15 is 0 Å². The van der Waals surface area contributed by atoms with Crippen LogP contribution in [0.1, 0.15) is 41.4 Å². The van der Waals surface area contributed by atoms with Crippen LogP contribution in [0.4, 0.5) is 5.69 Å². The molecule has 0 saturated carbocycles. The number of ether oxygens (including phenoxy) is 2. The highest BCUT2D eigenvalue weighted by Crippen LogP contribution is 2.33. The highest BCUT2D eigenvalue weighted by molar-refractivity contribution is 6.04. The first-order valence-electron chi connectivity index (χ1n) is 11.6. The molecule has 3 aromatic carbocycles. The van der Waals surface area contributed by atoms with Crippen molar-refractivity contribution in [1.82, 2.24) is 5.32 Å². The second-order valence-electron chi connectivity index (χ2n) is 8.32. The third kappa shape index (κ3) is 5.69. The van der Waals surface area contributed by atoms with Crippen LogP contribution in [0.3, 0.4) is 0 Å². The lowest BCUT2D eigenvalue weighted by atomic mass is 10.1. The smallest absolute Gasteiger partial charge is 0.265 e. The quantitative estimate of drug-likeness (QED) is 0.474. The van der Waals surface area contributed by atoms with Crippen molar-refractivity contribution in [3.8, 4) is 11.5 Å². The molecule has 1 aliphatic rings. The number of aryl methyl sites for hydroxylation is 1. The number of fused-ring (bicyclic) bond motifs is 1. The van der Waals surface area contributed by atoms with E-state index < -0.39 is 0 Å². The maximum atomic E-state index is 12.9. The lowest BCUT2D eigenvalue weighted by Gasteiger charge is -2.29. The van der Waals surface area contributed by atoms with Gasteiger partial charge in [0.1, 0.15) is 18.0 Å². The summed E-state index contributed by atoms with van der Waals surface area (Å²) in [6, 6.07) is 21.8. The predicted molar refractivity (Wildman–Crippen MR) is 133 cm³/mol. The number of nitrogens with zero attached hydrogens (tertiary/aromatic N) is 1. The summed E-state index contributed by atoms with van der Waals surface area (Å²) in [7, 11) is 0. The number of hydrogen-bond donors (Lipinski definition) is 1. The molecule has 3 aromatic rings. The van der Waals surface area contributed by atoms with Gasteiger partial charge in [-0.2, -0.15) is 0 Å². The summed E-state index contributed by atoms with van der Waals surface area (Å²) >= 11 is 0. The fourth-order valence-electron chi connectivity index (χ4n) is 3.97. The Hall–Kier alpha value is -4.13. The van der Waals surface area contributed by atoms with Crippen LogP contribution in [0.5, 0.6) is 11.5 Å². The van der Waals surface area contributed by atoms with Crippen molar-refractivity contribution in [2.45, 2.75) is 26.3 Å². The summed E-state index contributed by atoms with van der Waals surface area (Å²) in [4.78, 5) is 39.6. The van der Waals surface area contributed by atoms with Crippen molar-refractivity contribution in [3.63, 3.8) is 0 Å². The zero-order chi connectivity index (χ0) is 24.8. The first-order valence-corrected chi connectivity index (χ1v) is 11.6. The minimum absolute atomic E-state index is 0.139. The number of anilines is 1. The number of amides is 2. The van der Waals surface area contributed by atoms with Crippen molar-refractivity contribution in [2.75, 3.05) is 24.7 Å². The minimum Gasteiger partial charge on any atom is -0.485 e. The van der Waals surface area contributed by atoms with Gasteiger partial charge in [-0.05, 0) is 48.7 Å². The molecule has 0 spiro atoms. The van der Waals surface area contributed by atoms with Crippen molar-refractivity contribution >= 4 is 23.3 Å². The van der Waals surface area contributed by atoms with Gasteiger partial charge in [-0.3, -0.25) is 19.3 Å². The molecular formula is C28H28N2O5. The van der Waals surface area contributed by atoms with Crippen LogP contribution in [0.15, 0.2) is 72.8 Å². The van der Waals surface area contributed by atoms with E-state index in [-0.39, 0.29) is 43.4 Å². The van der Waals surface area contributed by atoms with E-state index in [1.165, 1.54) is 4.90 Å². The second kappa shape index (κ2) is 10.9. The third-order valence-corrected chi connectivity index (χ3v) is 5.91. The van der Waals surface area contributed by atoms with Gasteiger partial charge in [0.15, 0.2) is 19.0 Å². The van der Waals surface area contributed by atoms with Gasteiger partial charge in [0.05, 0.1) is 11.7 Å². The van der Waals surface area contributed by atoms with Crippen LogP contribution >= 0.6 is 0 Å². The van der Waals surface area contributed by atoms with Crippen LogP contribution in [-0.2, 0) is 16.0 Å². The molecule has 0 aliphatic carbocycles. The number of ketones is 1. The number of Topliss-reactive ketones (excluding diaryl/α,β-unsaturated/α-hetero) is 1. The number of nitrogens with one attached hydrogen (secondary N) is 1. The van der Waals surface area contributed by atoms with Gasteiger partial charge in [-0.25, -0.2) is 0 Å². The Balaban J connectivity index is 1.47. The van der Waals surface area contributed by atoms with Gasteiger partial charge in [0.25, 0.3) is 5.91 Å². The van der Waals surface area contributed by atoms with E-state index in [2.05, 4.69) is 5.32 Å². The Morgan fingerprint density at radius 3 is 2.57 bits per heavy atom. The molecule has 1 unspecified atom stereocenters. The van der Waals surface area contributed by atoms with Crippen molar-refractivity contribution in [1.29, 1.82) is 0 Å². The fourth-order valence-corrected chi connectivity index (χ4v) is 3.97. The summed E-state index contributed by atoms with van der Waals surface area (Å²) in [5.74, 6) is 0.225. The molecule has 2 amide bonds. The number of carbonyl (C=O) groups is 3. The number of hydrogen-bond acceptors (Lipinski definition) is 5. The molecule has 0 bridgehead atoms. The highest BCUT2D eigenvalue weighted by atomic mass is 16.5. The van der Waals surface area contributed by atoms with E-state index in [0.717, 1.165) is 17.5 Å². The van der Waals surface area contributed by atoms with Crippen molar-refractivity contribution in [2.24, 2.45) is 0 Å².